The number of thiophene rings is 1. The molecule has 3 heterocycles. The Kier molecular flexibility index (Phi) is 6.57. The monoisotopic (exact) mass is 475 g/mol. The van der Waals surface area contributed by atoms with E-state index in [1.165, 1.54) is 4.31 Å². The van der Waals surface area contributed by atoms with Gasteiger partial charge in [-0.15, -0.1) is 22.7 Å². The van der Waals surface area contributed by atoms with Crippen LogP contribution < -0.4 is 5.32 Å². The molecule has 0 bridgehead atoms. The van der Waals surface area contributed by atoms with Crippen LogP contribution in [0.25, 0.3) is 10.6 Å². The average Bonchev–Trinajstić information content (AvgIpc) is 3.49. The number of amides is 1. The predicted molar refractivity (Wildman–Crippen MR) is 125 cm³/mol. The Morgan fingerprint density at radius 2 is 1.97 bits per heavy atom. The molecule has 0 unspecified atom stereocenters. The number of rotatable bonds is 7. The number of aryl methyl sites for hydroxylation is 2. The Balaban J connectivity index is 1.36. The SMILES string of the molecule is Cc1ccc(S(=O)(=O)N2CCC[C@H]2C(=O)NCCc2ccc(-c3csc(C)n3)s2)cc1. The molecular formula is C22H25N3O3S3. The summed E-state index contributed by atoms with van der Waals surface area (Å²) in [6.07, 6.45) is 1.94. The molecule has 1 amide bonds. The maximum atomic E-state index is 13.0. The number of benzene rings is 1. The molecule has 1 atom stereocenters. The third-order valence-corrected chi connectivity index (χ3v) is 9.20. The minimum Gasteiger partial charge on any atom is -0.354 e. The molecule has 3 aromatic rings. The number of carbonyl (C=O) groups excluding carboxylic acids is 1. The first kappa shape index (κ1) is 22.1. The molecule has 1 aromatic carbocycles. The highest BCUT2D eigenvalue weighted by Crippen LogP contribution is 2.29. The largest absolute Gasteiger partial charge is 0.354 e. The summed E-state index contributed by atoms with van der Waals surface area (Å²) in [6.45, 7) is 4.75. The molecule has 31 heavy (non-hydrogen) atoms. The lowest BCUT2D eigenvalue weighted by molar-refractivity contribution is -0.124. The number of sulfonamides is 1. The van der Waals surface area contributed by atoms with Crippen molar-refractivity contribution in [3.63, 3.8) is 0 Å². The molecule has 164 valence electrons. The first-order valence-electron chi connectivity index (χ1n) is 10.2. The van der Waals surface area contributed by atoms with Gasteiger partial charge in [0.2, 0.25) is 15.9 Å². The van der Waals surface area contributed by atoms with E-state index in [2.05, 4.69) is 27.8 Å². The summed E-state index contributed by atoms with van der Waals surface area (Å²) in [7, 11) is -3.68. The van der Waals surface area contributed by atoms with Crippen molar-refractivity contribution >= 4 is 38.6 Å². The number of aromatic nitrogens is 1. The third-order valence-electron chi connectivity index (χ3n) is 5.34. The van der Waals surface area contributed by atoms with Crippen molar-refractivity contribution in [3.8, 4) is 10.6 Å². The van der Waals surface area contributed by atoms with Gasteiger partial charge in [0.1, 0.15) is 6.04 Å². The second-order valence-corrected chi connectivity index (χ2v) is 11.8. The van der Waals surface area contributed by atoms with E-state index in [0.29, 0.717) is 32.4 Å². The van der Waals surface area contributed by atoms with Crippen molar-refractivity contribution in [1.82, 2.24) is 14.6 Å². The Morgan fingerprint density at radius 3 is 2.68 bits per heavy atom. The number of hydrogen-bond donors (Lipinski definition) is 1. The molecule has 0 aliphatic carbocycles. The van der Waals surface area contributed by atoms with Gasteiger partial charge in [-0.3, -0.25) is 4.79 Å². The predicted octanol–water partition coefficient (Wildman–Crippen LogP) is 4.00. The van der Waals surface area contributed by atoms with E-state index >= 15 is 0 Å². The Morgan fingerprint density at radius 1 is 1.19 bits per heavy atom. The second kappa shape index (κ2) is 9.20. The lowest BCUT2D eigenvalue weighted by Gasteiger charge is -2.23. The highest BCUT2D eigenvalue weighted by molar-refractivity contribution is 7.89. The van der Waals surface area contributed by atoms with E-state index < -0.39 is 16.1 Å². The first-order chi connectivity index (χ1) is 14.8. The van der Waals surface area contributed by atoms with Crippen LogP contribution in [0.15, 0.2) is 46.7 Å². The van der Waals surface area contributed by atoms with Crippen molar-refractivity contribution in [2.24, 2.45) is 0 Å². The summed E-state index contributed by atoms with van der Waals surface area (Å²) in [4.78, 5) is 19.8. The van der Waals surface area contributed by atoms with Crippen LogP contribution in [0.4, 0.5) is 0 Å². The minimum absolute atomic E-state index is 0.222. The van der Waals surface area contributed by atoms with Crippen LogP contribution in [-0.4, -0.2) is 42.7 Å². The summed E-state index contributed by atoms with van der Waals surface area (Å²) < 4.78 is 27.4. The molecule has 1 aliphatic rings. The minimum atomic E-state index is -3.68. The van der Waals surface area contributed by atoms with Gasteiger partial charge in [-0.05, 0) is 57.4 Å². The van der Waals surface area contributed by atoms with Crippen LogP contribution in [0.5, 0.6) is 0 Å². The number of nitrogens with zero attached hydrogens (tertiary/aromatic N) is 2. The quantitative estimate of drug-likeness (QED) is 0.560. The molecule has 0 spiro atoms. The van der Waals surface area contributed by atoms with Gasteiger partial charge in [0, 0.05) is 23.3 Å². The number of carbonyl (C=O) groups is 1. The van der Waals surface area contributed by atoms with Gasteiger partial charge in [0.05, 0.1) is 20.5 Å². The zero-order valence-electron chi connectivity index (χ0n) is 17.5. The van der Waals surface area contributed by atoms with Gasteiger partial charge in [-0.25, -0.2) is 13.4 Å². The molecule has 1 saturated heterocycles. The maximum Gasteiger partial charge on any atom is 0.243 e. The molecule has 1 aliphatic heterocycles. The summed E-state index contributed by atoms with van der Waals surface area (Å²) in [5.41, 5.74) is 1.99. The van der Waals surface area contributed by atoms with Gasteiger partial charge >= 0.3 is 0 Å². The fourth-order valence-corrected chi connectivity index (χ4v) is 7.00. The van der Waals surface area contributed by atoms with E-state index in [-0.39, 0.29) is 10.8 Å². The fourth-order valence-electron chi connectivity index (χ4n) is 3.69. The van der Waals surface area contributed by atoms with Crippen LogP contribution in [0.2, 0.25) is 0 Å². The van der Waals surface area contributed by atoms with E-state index in [0.717, 1.165) is 26.0 Å². The van der Waals surface area contributed by atoms with Gasteiger partial charge in [0.15, 0.2) is 0 Å². The normalized spacial score (nSPS) is 17.2. The highest BCUT2D eigenvalue weighted by Gasteiger charge is 2.39. The molecule has 1 N–H and O–H groups in total. The van der Waals surface area contributed by atoms with E-state index in [9.17, 15) is 13.2 Å². The highest BCUT2D eigenvalue weighted by atomic mass is 32.2. The molecule has 9 heteroatoms. The molecule has 6 nitrogen and oxygen atoms in total. The molecule has 0 radical (unpaired) electrons. The molecular weight excluding hydrogens is 450 g/mol. The lowest BCUT2D eigenvalue weighted by Crippen LogP contribution is -2.46. The van der Waals surface area contributed by atoms with Crippen LogP contribution >= 0.6 is 22.7 Å². The summed E-state index contributed by atoms with van der Waals surface area (Å²) in [5.74, 6) is -0.222. The number of nitrogens with one attached hydrogen (secondary N) is 1. The topological polar surface area (TPSA) is 79.4 Å². The summed E-state index contributed by atoms with van der Waals surface area (Å²) in [5, 5.41) is 6.03. The van der Waals surface area contributed by atoms with Gasteiger partial charge in [-0.1, -0.05) is 17.7 Å². The fraction of sp³-hybridized carbons (Fsp3) is 0.364. The Hall–Kier alpha value is -2.07. The van der Waals surface area contributed by atoms with Crippen molar-refractivity contribution in [2.75, 3.05) is 13.1 Å². The van der Waals surface area contributed by atoms with Crippen LogP contribution in [0.3, 0.4) is 0 Å². The zero-order chi connectivity index (χ0) is 22.0. The van der Waals surface area contributed by atoms with Gasteiger partial charge < -0.3 is 5.32 Å². The summed E-state index contributed by atoms with van der Waals surface area (Å²) in [6, 6.07) is 10.2. The van der Waals surface area contributed by atoms with Crippen LogP contribution in [-0.2, 0) is 21.2 Å². The van der Waals surface area contributed by atoms with Gasteiger partial charge in [0.25, 0.3) is 0 Å². The van der Waals surface area contributed by atoms with Crippen LogP contribution in [0.1, 0.15) is 28.3 Å². The maximum absolute atomic E-state index is 13.0. The molecule has 2 aromatic heterocycles. The third kappa shape index (κ3) is 4.90. The smallest absolute Gasteiger partial charge is 0.243 e. The van der Waals surface area contributed by atoms with E-state index in [1.807, 2.05) is 13.8 Å². The number of thiazole rings is 1. The Labute approximate surface area is 191 Å². The first-order valence-corrected chi connectivity index (χ1v) is 13.4. The van der Waals surface area contributed by atoms with Gasteiger partial charge in [-0.2, -0.15) is 4.31 Å². The average molecular weight is 476 g/mol. The molecule has 0 saturated carbocycles. The van der Waals surface area contributed by atoms with E-state index in [1.54, 1.807) is 46.9 Å². The Bertz CT molecular complexity index is 1170. The van der Waals surface area contributed by atoms with Crippen molar-refractivity contribution in [1.29, 1.82) is 0 Å². The molecule has 1 fully saturated rings. The standard InChI is InChI=1S/C22H25N3O3S3/c1-15-5-8-18(9-6-15)31(27,28)25-13-3-4-20(25)22(26)23-12-11-17-7-10-21(30-17)19-14-29-16(2)24-19/h5-10,14,20H,3-4,11-13H2,1-2H3,(H,23,26)/t20-/m0/s1. The zero-order valence-corrected chi connectivity index (χ0v) is 19.9. The lowest BCUT2D eigenvalue weighted by atomic mass is 10.2. The summed E-state index contributed by atoms with van der Waals surface area (Å²) >= 11 is 3.30. The second-order valence-electron chi connectivity index (χ2n) is 7.65. The van der Waals surface area contributed by atoms with Crippen molar-refractivity contribution < 1.29 is 13.2 Å². The van der Waals surface area contributed by atoms with Crippen molar-refractivity contribution in [3.05, 3.63) is 57.2 Å². The number of hydrogen-bond acceptors (Lipinski definition) is 6. The van der Waals surface area contributed by atoms with E-state index in [4.69, 9.17) is 0 Å². The van der Waals surface area contributed by atoms with Crippen LogP contribution in [0, 0.1) is 13.8 Å². The molecule has 4 rings (SSSR count). The van der Waals surface area contributed by atoms with Crippen molar-refractivity contribution in [2.45, 2.75) is 44.0 Å².